The zero-order chi connectivity index (χ0) is 62.6. The average molecular weight is 1230 g/mol. The summed E-state index contributed by atoms with van der Waals surface area (Å²) in [5, 5.41) is 14.0. The van der Waals surface area contributed by atoms with Crippen LogP contribution in [0.1, 0.15) is 386 Å². The summed E-state index contributed by atoms with van der Waals surface area (Å²) in [6.45, 7) is 4.84. The predicted molar refractivity (Wildman–Crippen MR) is 378 cm³/mol. The lowest BCUT2D eigenvalue weighted by molar-refractivity contribution is -0.870. The van der Waals surface area contributed by atoms with Crippen molar-refractivity contribution in [3.63, 3.8) is 0 Å². The van der Waals surface area contributed by atoms with Gasteiger partial charge < -0.3 is 19.8 Å². The van der Waals surface area contributed by atoms with Gasteiger partial charge in [0.2, 0.25) is 5.91 Å². The van der Waals surface area contributed by atoms with Gasteiger partial charge in [0.1, 0.15) is 13.2 Å². The topological polar surface area (TPSA) is 105 Å². The molecule has 3 unspecified atom stereocenters. The van der Waals surface area contributed by atoms with Crippen LogP contribution in [0, 0.1) is 0 Å². The molecule has 0 bridgehead atoms. The Bertz CT molecular complexity index is 1540. The molecule has 3 atom stereocenters. The first-order chi connectivity index (χ1) is 42.0. The van der Waals surface area contributed by atoms with Crippen LogP contribution in [0.4, 0.5) is 0 Å². The number of carbonyl (C=O) groups is 1. The number of nitrogens with zero attached hydrogens (tertiary/aromatic N) is 1. The molecule has 0 saturated carbocycles. The van der Waals surface area contributed by atoms with Crippen LogP contribution in [-0.4, -0.2) is 73.4 Å². The number of allylic oxidation sites excluding steroid dienone is 7. The van der Waals surface area contributed by atoms with Crippen molar-refractivity contribution in [3.05, 3.63) is 48.6 Å². The van der Waals surface area contributed by atoms with Gasteiger partial charge in [-0.05, 0) is 64.2 Å². The summed E-state index contributed by atoms with van der Waals surface area (Å²) in [6, 6.07) is -0.864. The maximum absolute atomic E-state index is 13.1. The molecule has 0 aromatic heterocycles. The minimum atomic E-state index is -4.36. The van der Waals surface area contributed by atoms with Crippen molar-refractivity contribution in [3.8, 4) is 0 Å². The molecule has 8 nitrogen and oxygen atoms in total. The first kappa shape index (κ1) is 84.5. The van der Waals surface area contributed by atoms with E-state index in [0.717, 1.165) is 44.9 Å². The van der Waals surface area contributed by atoms with Gasteiger partial charge in [-0.3, -0.25) is 13.8 Å². The monoisotopic (exact) mass is 1230 g/mol. The number of carbonyl (C=O) groups excluding carboxylic acids is 1. The van der Waals surface area contributed by atoms with E-state index in [2.05, 4.69) is 55.6 Å². The van der Waals surface area contributed by atoms with Crippen molar-refractivity contribution in [2.45, 2.75) is 398 Å². The van der Waals surface area contributed by atoms with Crippen molar-refractivity contribution in [2.75, 3.05) is 40.9 Å². The Hall–Kier alpha value is -1.54. The third kappa shape index (κ3) is 69.9. The van der Waals surface area contributed by atoms with Crippen LogP contribution in [0.3, 0.4) is 0 Å². The van der Waals surface area contributed by atoms with Crippen molar-refractivity contribution in [1.29, 1.82) is 0 Å². The second-order valence-electron chi connectivity index (χ2n) is 27.4. The smallest absolute Gasteiger partial charge is 0.387 e. The Labute approximate surface area is 537 Å². The van der Waals surface area contributed by atoms with Gasteiger partial charge in [-0.2, -0.15) is 0 Å². The molecule has 0 aliphatic rings. The lowest BCUT2D eigenvalue weighted by Crippen LogP contribution is -2.45. The number of aliphatic hydroxyl groups excluding tert-OH is 1. The molecule has 0 radical (unpaired) electrons. The number of phosphoric acid groups is 1. The van der Waals surface area contributed by atoms with Gasteiger partial charge >= 0.3 is 7.82 Å². The van der Waals surface area contributed by atoms with Gasteiger partial charge in [0.25, 0.3) is 0 Å². The molecule has 0 heterocycles. The highest BCUT2D eigenvalue weighted by atomic mass is 31.2. The van der Waals surface area contributed by atoms with E-state index in [4.69, 9.17) is 9.05 Å². The van der Waals surface area contributed by atoms with Crippen molar-refractivity contribution >= 4 is 13.7 Å². The normalized spacial score (nSPS) is 13.8. The van der Waals surface area contributed by atoms with Crippen molar-refractivity contribution < 1.29 is 32.9 Å². The van der Waals surface area contributed by atoms with Gasteiger partial charge in [-0.15, -0.1) is 0 Å². The van der Waals surface area contributed by atoms with Crippen molar-refractivity contribution in [2.24, 2.45) is 0 Å². The first-order valence-electron chi connectivity index (χ1n) is 38.0. The minimum absolute atomic E-state index is 0.0579. The van der Waals surface area contributed by atoms with E-state index in [1.807, 2.05) is 27.2 Å². The Morgan fingerprint density at radius 3 is 1.00 bits per heavy atom. The van der Waals surface area contributed by atoms with Gasteiger partial charge in [-0.25, -0.2) is 4.57 Å². The van der Waals surface area contributed by atoms with E-state index in [9.17, 15) is 19.4 Å². The number of quaternary nitrogens is 1. The van der Waals surface area contributed by atoms with Gasteiger partial charge in [-0.1, -0.05) is 364 Å². The Morgan fingerprint density at radius 2 is 0.674 bits per heavy atom. The van der Waals surface area contributed by atoms with Gasteiger partial charge in [0.05, 0.1) is 39.9 Å². The number of aliphatic hydroxyl groups is 1. The summed E-state index contributed by atoms with van der Waals surface area (Å²) in [5.74, 6) is -0.179. The number of nitrogens with one attached hydrogen (secondary N) is 1. The van der Waals surface area contributed by atoms with E-state index in [-0.39, 0.29) is 19.1 Å². The van der Waals surface area contributed by atoms with E-state index in [0.29, 0.717) is 17.4 Å². The molecule has 9 heteroatoms. The Balaban J connectivity index is 3.96. The van der Waals surface area contributed by atoms with Gasteiger partial charge in [0.15, 0.2) is 0 Å². The summed E-state index contributed by atoms with van der Waals surface area (Å²) >= 11 is 0. The average Bonchev–Trinajstić information content (AvgIpc) is 3.70. The molecular weight excluding hydrogens is 1080 g/mol. The summed E-state index contributed by atoms with van der Waals surface area (Å²) in [4.78, 5) is 23.4. The molecular formula is C77H150N2O6P+. The number of likely N-dealkylation sites (N-methyl/N-ethyl adjacent to an activating group) is 1. The lowest BCUT2D eigenvalue weighted by Gasteiger charge is -2.25. The summed E-state index contributed by atoms with van der Waals surface area (Å²) in [5.41, 5.74) is 0. The molecule has 0 fully saturated rings. The zero-order valence-electron chi connectivity index (χ0n) is 58.3. The van der Waals surface area contributed by atoms with E-state index < -0.39 is 20.0 Å². The minimum Gasteiger partial charge on any atom is -0.387 e. The molecule has 1 amide bonds. The quantitative estimate of drug-likeness (QED) is 0.0243. The first-order valence-corrected chi connectivity index (χ1v) is 39.5. The maximum Gasteiger partial charge on any atom is 0.472 e. The van der Waals surface area contributed by atoms with Crippen LogP contribution >= 0.6 is 7.82 Å². The highest BCUT2D eigenvalue weighted by Gasteiger charge is 2.28. The van der Waals surface area contributed by atoms with Crippen LogP contribution in [0.15, 0.2) is 48.6 Å². The number of hydrogen-bond acceptors (Lipinski definition) is 5. The molecule has 0 rings (SSSR count). The molecule has 0 spiro atoms. The highest BCUT2D eigenvalue weighted by Crippen LogP contribution is 2.43. The molecule has 0 aromatic rings. The molecule has 0 aromatic carbocycles. The fraction of sp³-hybridized carbons (Fsp3) is 0.883. The number of phosphoric ester groups is 1. The predicted octanol–water partition coefficient (Wildman–Crippen LogP) is 24.6. The molecule has 508 valence electrons. The molecule has 0 saturated heterocycles. The van der Waals surface area contributed by atoms with Crippen LogP contribution in [0.25, 0.3) is 0 Å². The second kappa shape index (κ2) is 67.8. The number of rotatable bonds is 71. The lowest BCUT2D eigenvalue weighted by atomic mass is 10.0. The van der Waals surface area contributed by atoms with Crippen LogP contribution in [0.2, 0.25) is 0 Å². The fourth-order valence-electron chi connectivity index (χ4n) is 11.6. The SMILES string of the molecule is CCCCCCC/C=C\C/C=C\CCCCCCCCCCCCCCCCCCCCCCCCCCCCCC(=O)NC(COP(=O)(O)OCC[N+](C)(C)C)C(O)/C=C/CC/C=C/CCCCCCCCCCCCCCCCCCCCC. The van der Waals surface area contributed by atoms with Crippen LogP contribution in [-0.2, 0) is 18.4 Å². The molecule has 86 heavy (non-hydrogen) atoms. The summed E-state index contributed by atoms with van der Waals surface area (Å²) < 4.78 is 23.8. The van der Waals surface area contributed by atoms with Gasteiger partial charge in [0, 0.05) is 6.42 Å². The van der Waals surface area contributed by atoms with Crippen molar-refractivity contribution in [1.82, 2.24) is 5.32 Å². The summed E-state index contributed by atoms with van der Waals surface area (Å²) in [6.07, 6.45) is 93.0. The Kier molecular flexibility index (Phi) is 66.6. The van der Waals surface area contributed by atoms with Crippen LogP contribution in [0.5, 0.6) is 0 Å². The van der Waals surface area contributed by atoms with E-state index >= 15 is 0 Å². The standard InChI is InChI=1S/C77H149N2O6P/c1-6-8-10-12-14-16-18-20-22-24-26-28-30-32-33-34-35-36-37-38-39-40-41-42-43-44-45-47-49-51-53-55-57-59-61-63-65-67-69-71-77(81)78-75(74-85-86(82,83)84-73-72-79(3,4)5)76(80)70-68-66-64-62-60-58-56-54-52-50-48-46-31-29-27-25-23-21-19-17-15-13-11-9-7-2/h18,20,24,26,60,62,68,70,75-76,80H,6-17,19,21-23,25,27-59,61,63-67,69,71-74H2,1-5H3,(H-,78,81,82,83)/p+1/b20-18-,26-24-,62-60+,70-68+. The third-order valence-corrected chi connectivity index (χ3v) is 18.5. The third-order valence-electron chi connectivity index (χ3n) is 17.5. The number of amides is 1. The molecule has 3 N–H and O–H groups in total. The maximum atomic E-state index is 13.1. The van der Waals surface area contributed by atoms with Crippen LogP contribution < -0.4 is 5.32 Å². The molecule has 0 aliphatic heterocycles. The number of unbranched alkanes of at least 4 members (excludes halogenated alkanes) is 52. The molecule has 0 aliphatic carbocycles. The second-order valence-corrected chi connectivity index (χ2v) is 28.8. The zero-order valence-corrected chi connectivity index (χ0v) is 59.2. The van der Waals surface area contributed by atoms with E-state index in [1.54, 1.807) is 6.08 Å². The number of hydrogen-bond donors (Lipinski definition) is 3. The largest absolute Gasteiger partial charge is 0.472 e. The summed E-state index contributed by atoms with van der Waals surface area (Å²) in [7, 11) is 1.57. The van der Waals surface area contributed by atoms with E-state index in [1.165, 1.54) is 321 Å². The highest BCUT2D eigenvalue weighted by molar-refractivity contribution is 7.47. The Morgan fingerprint density at radius 1 is 0.395 bits per heavy atom. The fourth-order valence-corrected chi connectivity index (χ4v) is 12.4.